The second-order valence-electron chi connectivity index (χ2n) is 7.00. The molecule has 26 heavy (non-hydrogen) atoms. The first kappa shape index (κ1) is 21.4. The van der Waals surface area contributed by atoms with Gasteiger partial charge in [0.15, 0.2) is 0 Å². The van der Waals surface area contributed by atoms with Crippen molar-refractivity contribution < 1.29 is 35.2 Å². The maximum absolute atomic E-state index is 12.6. The van der Waals surface area contributed by atoms with E-state index in [9.17, 15) is 21.6 Å². The monoisotopic (exact) mass is 399 g/mol. The van der Waals surface area contributed by atoms with Crippen LogP contribution in [0.1, 0.15) is 52.4 Å². The molecule has 0 aromatic carbocycles. The fourth-order valence-electron chi connectivity index (χ4n) is 3.63. The van der Waals surface area contributed by atoms with Crippen LogP contribution in [0.3, 0.4) is 0 Å². The molecule has 0 spiro atoms. The zero-order valence-electron chi connectivity index (χ0n) is 14.8. The minimum atomic E-state index is -5.70. The minimum Gasteiger partial charge on any atom is -0.372 e. The van der Waals surface area contributed by atoms with E-state index in [1.54, 1.807) is 6.92 Å². The lowest BCUT2D eigenvalue weighted by molar-refractivity contribution is -0.181. The molecule has 5 atom stereocenters. The van der Waals surface area contributed by atoms with E-state index in [0.717, 1.165) is 6.42 Å². The molecule has 0 radical (unpaired) electrons. The third-order valence-electron chi connectivity index (χ3n) is 4.85. The van der Waals surface area contributed by atoms with Crippen molar-refractivity contribution in [2.24, 2.45) is 0 Å². The van der Waals surface area contributed by atoms with E-state index in [-0.39, 0.29) is 24.7 Å². The van der Waals surface area contributed by atoms with Gasteiger partial charge in [0.05, 0.1) is 24.9 Å². The maximum atomic E-state index is 12.6. The Morgan fingerprint density at radius 3 is 2.62 bits per heavy atom. The van der Waals surface area contributed by atoms with Gasteiger partial charge in [-0.2, -0.15) is 21.6 Å². The van der Waals surface area contributed by atoms with Crippen molar-refractivity contribution in [1.82, 2.24) is 0 Å². The van der Waals surface area contributed by atoms with Crippen LogP contribution in [0.5, 0.6) is 0 Å². The summed E-state index contributed by atoms with van der Waals surface area (Å²) in [7, 11) is -5.70. The van der Waals surface area contributed by atoms with Gasteiger partial charge < -0.3 is 14.3 Å². The van der Waals surface area contributed by atoms with E-state index >= 15 is 0 Å². The smallest absolute Gasteiger partial charge is 0.372 e. The van der Waals surface area contributed by atoms with Gasteiger partial charge in [-0.3, -0.25) is 4.18 Å². The molecule has 2 heterocycles. The maximum Gasteiger partial charge on any atom is 0.523 e. The second-order valence-corrected chi connectivity index (χ2v) is 8.60. The van der Waals surface area contributed by atoms with E-state index in [1.807, 2.05) is 6.92 Å². The SMILES string of the molecule is [C-]#[N+][C@H](C)C[C@H]1CC[C@@H]2O[C@@H](CCC)C[C@]2(COS(=O)(=O)C(F)(F)F)O1. The molecule has 0 bridgehead atoms. The van der Waals surface area contributed by atoms with Gasteiger partial charge in [0, 0.05) is 19.8 Å². The third-order valence-corrected chi connectivity index (χ3v) is 5.84. The molecule has 0 saturated carbocycles. The molecule has 2 rings (SSSR count). The summed E-state index contributed by atoms with van der Waals surface area (Å²) in [6.45, 7) is 10.0. The number of hydrogen-bond donors (Lipinski definition) is 0. The predicted molar refractivity (Wildman–Crippen MR) is 86.6 cm³/mol. The molecule has 0 aliphatic carbocycles. The number of halogens is 3. The fourth-order valence-corrected chi connectivity index (χ4v) is 4.11. The Hall–Kier alpha value is -0.890. The lowest BCUT2D eigenvalue weighted by atomic mass is 9.86. The molecule has 0 aromatic heterocycles. The highest BCUT2D eigenvalue weighted by Gasteiger charge is 2.56. The van der Waals surface area contributed by atoms with Crippen molar-refractivity contribution in [3.8, 4) is 0 Å². The van der Waals surface area contributed by atoms with Gasteiger partial charge >= 0.3 is 15.6 Å². The molecule has 0 N–H and O–H groups in total. The van der Waals surface area contributed by atoms with Crippen LogP contribution >= 0.6 is 0 Å². The number of alkyl halides is 3. The topological polar surface area (TPSA) is 66.2 Å². The van der Waals surface area contributed by atoms with Gasteiger partial charge in [0.1, 0.15) is 5.60 Å². The highest BCUT2D eigenvalue weighted by Crippen LogP contribution is 2.44. The number of hydrogen-bond acceptors (Lipinski definition) is 5. The van der Waals surface area contributed by atoms with Crippen LogP contribution in [-0.2, 0) is 23.8 Å². The van der Waals surface area contributed by atoms with Crippen LogP contribution in [0.4, 0.5) is 13.2 Å². The molecule has 10 heteroatoms. The van der Waals surface area contributed by atoms with Crippen molar-refractivity contribution in [3.05, 3.63) is 11.4 Å². The fraction of sp³-hybridized carbons (Fsp3) is 0.938. The van der Waals surface area contributed by atoms with Crippen molar-refractivity contribution in [3.63, 3.8) is 0 Å². The van der Waals surface area contributed by atoms with E-state index < -0.39 is 33.9 Å². The molecular weight excluding hydrogens is 375 g/mol. The first-order valence-electron chi connectivity index (χ1n) is 8.68. The average Bonchev–Trinajstić information content (AvgIpc) is 2.90. The lowest BCUT2D eigenvalue weighted by Crippen LogP contribution is -2.52. The quantitative estimate of drug-likeness (QED) is 0.373. The summed E-state index contributed by atoms with van der Waals surface area (Å²) in [4.78, 5) is 3.42. The average molecular weight is 399 g/mol. The van der Waals surface area contributed by atoms with Gasteiger partial charge in [-0.15, -0.1) is 0 Å². The standard InChI is InChI=1S/C16H24F3NO5S/c1-4-5-13-9-15(10-23-26(21,22)16(17,18)19)14(24-13)7-6-12(25-15)8-11(2)20-3/h11-14H,4-10H2,1-2H3/t11-,12-,13+,14+,15-/m1/s1. The summed E-state index contributed by atoms with van der Waals surface area (Å²) in [6, 6.07) is -0.290. The van der Waals surface area contributed by atoms with Crippen LogP contribution in [-0.4, -0.2) is 50.5 Å². The van der Waals surface area contributed by atoms with Crippen LogP contribution < -0.4 is 0 Å². The van der Waals surface area contributed by atoms with Gasteiger partial charge in [-0.1, -0.05) is 13.3 Å². The number of rotatable bonds is 7. The van der Waals surface area contributed by atoms with Crippen molar-refractivity contribution in [2.45, 2.75) is 87.8 Å². The van der Waals surface area contributed by atoms with Crippen LogP contribution in [0.15, 0.2) is 0 Å². The normalized spacial score (nSPS) is 33.5. The first-order chi connectivity index (χ1) is 12.0. The molecule has 2 fully saturated rings. The van der Waals surface area contributed by atoms with Crippen molar-refractivity contribution in [2.75, 3.05) is 6.61 Å². The molecular formula is C16H24F3NO5S. The minimum absolute atomic E-state index is 0.209. The van der Waals surface area contributed by atoms with Crippen molar-refractivity contribution >= 4 is 10.1 Å². The Morgan fingerprint density at radius 1 is 1.35 bits per heavy atom. The predicted octanol–water partition coefficient (Wildman–Crippen LogP) is 3.43. The Bertz CT molecular complexity index is 633. The van der Waals surface area contributed by atoms with E-state index in [0.29, 0.717) is 25.7 Å². The van der Waals surface area contributed by atoms with Gasteiger partial charge in [-0.25, -0.2) is 6.57 Å². The summed E-state index contributed by atoms with van der Waals surface area (Å²) >= 11 is 0. The van der Waals surface area contributed by atoms with Gasteiger partial charge in [0.2, 0.25) is 6.04 Å². The molecule has 0 aromatic rings. The second kappa shape index (κ2) is 8.00. The Morgan fingerprint density at radius 2 is 2.04 bits per heavy atom. The third kappa shape index (κ3) is 4.68. The molecule has 2 saturated heterocycles. The zero-order chi connectivity index (χ0) is 19.6. The van der Waals surface area contributed by atoms with Crippen LogP contribution in [0.25, 0.3) is 4.85 Å². The van der Waals surface area contributed by atoms with E-state index in [1.165, 1.54) is 0 Å². The molecule has 0 unspecified atom stereocenters. The highest BCUT2D eigenvalue weighted by atomic mass is 32.2. The van der Waals surface area contributed by atoms with E-state index in [2.05, 4.69) is 9.03 Å². The number of fused-ring (bicyclic) bond motifs is 1. The summed E-state index contributed by atoms with van der Waals surface area (Å²) < 4.78 is 76.7. The lowest BCUT2D eigenvalue weighted by Gasteiger charge is -2.41. The Balaban J connectivity index is 2.17. The first-order valence-corrected chi connectivity index (χ1v) is 10.1. The van der Waals surface area contributed by atoms with Crippen molar-refractivity contribution in [1.29, 1.82) is 0 Å². The summed E-state index contributed by atoms with van der Waals surface area (Å²) in [5.74, 6) is 0. The Kier molecular flexibility index (Phi) is 6.59. The molecule has 150 valence electrons. The molecule has 2 aliphatic heterocycles. The van der Waals surface area contributed by atoms with E-state index in [4.69, 9.17) is 16.0 Å². The summed E-state index contributed by atoms with van der Waals surface area (Å²) in [6.07, 6.45) is 2.33. The largest absolute Gasteiger partial charge is 0.523 e. The van der Waals surface area contributed by atoms with Crippen LogP contribution in [0.2, 0.25) is 0 Å². The summed E-state index contributed by atoms with van der Waals surface area (Å²) in [5.41, 5.74) is -6.71. The van der Waals surface area contributed by atoms with Crippen LogP contribution in [0, 0.1) is 6.57 Å². The Labute approximate surface area is 151 Å². The van der Waals surface area contributed by atoms with Gasteiger partial charge in [-0.05, 0) is 19.3 Å². The number of ether oxygens (including phenoxy) is 2. The van der Waals surface area contributed by atoms with Gasteiger partial charge in [0.25, 0.3) is 0 Å². The molecule has 0 amide bonds. The molecule has 2 aliphatic rings. The highest BCUT2D eigenvalue weighted by molar-refractivity contribution is 7.87. The zero-order valence-corrected chi connectivity index (χ0v) is 15.6. The molecule has 6 nitrogen and oxygen atoms in total. The summed E-state index contributed by atoms with van der Waals surface area (Å²) in [5, 5.41) is 0. The number of nitrogens with zero attached hydrogens (tertiary/aromatic N) is 1.